The Hall–Kier alpha value is -0.110. The van der Waals surface area contributed by atoms with Gasteiger partial charge in [-0.2, -0.15) is 0 Å². The van der Waals surface area contributed by atoms with Crippen LogP contribution in [0.3, 0.4) is 0 Å². The van der Waals surface area contributed by atoms with Gasteiger partial charge in [0.15, 0.2) is 0 Å². The van der Waals surface area contributed by atoms with Crippen molar-refractivity contribution in [2.75, 3.05) is 6.54 Å². The van der Waals surface area contributed by atoms with Crippen LogP contribution in [0.4, 0.5) is 4.39 Å². The standard InChI is InChI=1S/C10H20FN/c1-10(2,11)9-5-3-8(7-12)4-6-9/h8-9H,3-7,12H2,1-2H3. The van der Waals surface area contributed by atoms with Crippen LogP contribution in [0, 0.1) is 11.8 Å². The third-order valence-electron chi connectivity index (χ3n) is 3.15. The molecular formula is C10H20FN. The van der Waals surface area contributed by atoms with Crippen LogP contribution in [0.15, 0.2) is 0 Å². The molecule has 0 saturated heterocycles. The fraction of sp³-hybridized carbons (Fsp3) is 1.00. The van der Waals surface area contributed by atoms with Crippen LogP contribution in [-0.2, 0) is 0 Å². The molecule has 0 aromatic carbocycles. The van der Waals surface area contributed by atoms with E-state index in [4.69, 9.17) is 5.73 Å². The van der Waals surface area contributed by atoms with E-state index in [1.807, 2.05) is 0 Å². The van der Waals surface area contributed by atoms with Gasteiger partial charge >= 0.3 is 0 Å². The predicted molar refractivity (Wildman–Crippen MR) is 49.7 cm³/mol. The van der Waals surface area contributed by atoms with Crippen LogP contribution in [0.5, 0.6) is 0 Å². The summed E-state index contributed by atoms with van der Waals surface area (Å²) in [7, 11) is 0. The number of rotatable bonds is 2. The molecule has 0 radical (unpaired) electrons. The topological polar surface area (TPSA) is 26.0 Å². The highest BCUT2D eigenvalue weighted by molar-refractivity contribution is 4.83. The Bertz CT molecular complexity index is 131. The summed E-state index contributed by atoms with van der Waals surface area (Å²) in [5.74, 6) is 0.920. The average molecular weight is 173 g/mol. The quantitative estimate of drug-likeness (QED) is 0.682. The lowest BCUT2D eigenvalue weighted by molar-refractivity contribution is 0.0814. The van der Waals surface area contributed by atoms with Gasteiger partial charge in [-0.3, -0.25) is 0 Å². The molecule has 12 heavy (non-hydrogen) atoms. The summed E-state index contributed by atoms with van der Waals surface area (Å²) in [6.45, 7) is 4.17. The summed E-state index contributed by atoms with van der Waals surface area (Å²) in [5.41, 5.74) is 4.58. The number of halogens is 1. The fourth-order valence-corrected chi connectivity index (χ4v) is 2.08. The molecule has 0 aromatic heterocycles. The maximum atomic E-state index is 13.5. The van der Waals surface area contributed by atoms with Crippen molar-refractivity contribution in [3.05, 3.63) is 0 Å². The molecule has 1 saturated carbocycles. The number of hydrogen-bond donors (Lipinski definition) is 1. The second-order valence-electron chi connectivity index (χ2n) is 4.52. The summed E-state index contributed by atoms with van der Waals surface area (Å²) >= 11 is 0. The monoisotopic (exact) mass is 173 g/mol. The van der Waals surface area contributed by atoms with E-state index in [-0.39, 0.29) is 5.92 Å². The van der Waals surface area contributed by atoms with Crippen molar-refractivity contribution in [1.82, 2.24) is 0 Å². The Morgan fingerprint density at radius 2 is 1.75 bits per heavy atom. The lowest BCUT2D eigenvalue weighted by atomic mass is 9.76. The largest absolute Gasteiger partial charge is 0.330 e. The molecule has 1 rings (SSSR count). The van der Waals surface area contributed by atoms with Crippen LogP contribution >= 0.6 is 0 Å². The summed E-state index contributed by atoms with van der Waals surface area (Å²) < 4.78 is 13.5. The van der Waals surface area contributed by atoms with E-state index in [9.17, 15) is 4.39 Å². The maximum Gasteiger partial charge on any atom is 0.108 e. The Kier molecular flexibility index (Phi) is 3.10. The third kappa shape index (κ3) is 2.44. The minimum Gasteiger partial charge on any atom is -0.330 e. The summed E-state index contributed by atoms with van der Waals surface area (Å²) in [6.07, 6.45) is 4.28. The number of alkyl halides is 1. The van der Waals surface area contributed by atoms with Gasteiger partial charge in [0.05, 0.1) is 0 Å². The van der Waals surface area contributed by atoms with Gasteiger partial charge in [0.1, 0.15) is 5.67 Å². The highest BCUT2D eigenvalue weighted by Gasteiger charge is 2.32. The zero-order valence-electron chi connectivity index (χ0n) is 8.15. The third-order valence-corrected chi connectivity index (χ3v) is 3.15. The molecule has 72 valence electrons. The highest BCUT2D eigenvalue weighted by atomic mass is 19.1. The van der Waals surface area contributed by atoms with Gasteiger partial charge in [-0.25, -0.2) is 4.39 Å². The van der Waals surface area contributed by atoms with E-state index in [1.54, 1.807) is 13.8 Å². The van der Waals surface area contributed by atoms with Crippen LogP contribution in [-0.4, -0.2) is 12.2 Å². The molecule has 0 unspecified atom stereocenters. The van der Waals surface area contributed by atoms with Crippen molar-refractivity contribution < 1.29 is 4.39 Å². The number of nitrogens with two attached hydrogens (primary N) is 1. The molecule has 0 atom stereocenters. The normalized spacial score (nSPS) is 32.0. The molecule has 2 heteroatoms. The van der Waals surface area contributed by atoms with Gasteiger partial charge in [0.2, 0.25) is 0 Å². The van der Waals surface area contributed by atoms with Crippen LogP contribution in [0.1, 0.15) is 39.5 Å². The van der Waals surface area contributed by atoms with E-state index in [0.717, 1.165) is 32.2 Å². The molecule has 1 aliphatic rings. The second-order valence-corrected chi connectivity index (χ2v) is 4.52. The number of hydrogen-bond acceptors (Lipinski definition) is 1. The van der Waals surface area contributed by atoms with E-state index >= 15 is 0 Å². The Morgan fingerprint density at radius 1 is 1.25 bits per heavy atom. The second kappa shape index (κ2) is 3.73. The molecule has 1 fully saturated rings. The van der Waals surface area contributed by atoms with Gasteiger partial charge in [-0.05, 0) is 57.9 Å². The SMILES string of the molecule is CC(C)(F)C1CCC(CN)CC1. The molecule has 0 heterocycles. The van der Waals surface area contributed by atoms with E-state index < -0.39 is 5.67 Å². The van der Waals surface area contributed by atoms with E-state index in [1.165, 1.54) is 0 Å². The Balaban J connectivity index is 2.36. The summed E-state index contributed by atoms with van der Waals surface area (Å²) in [5, 5.41) is 0. The molecule has 0 amide bonds. The van der Waals surface area contributed by atoms with Crippen LogP contribution < -0.4 is 5.73 Å². The Labute approximate surface area is 74.5 Å². The first kappa shape index (κ1) is 9.97. The predicted octanol–water partition coefficient (Wildman–Crippen LogP) is 2.50. The first-order chi connectivity index (χ1) is 5.54. The molecule has 2 N–H and O–H groups in total. The molecule has 0 bridgehead atoms. The zero-order chi connectivity index (χ0) is 9.19. The van der Waals surface area contributed by atoms with Gasteiger partial charge in [-0.1, -0.05) is 0 Å². The van der Waals surface area contributed by atoms with Crippen molar-refractivity contribution in [3.8, 4) is 0 Å². The van der Waals surface area contributed by atoms with Crippen molar-refractivity contribution in [1.29, 1.82) is 0 Å². The highest BCUT2D eigenvalue weighted by Crippen LogP contribution is 2.36. The van der Waals surface area contributed by atoms with Crippen molar-refractivity contribution >= 4 is 0 Å². The molecule has 1 aliphatic carbocycles. The van der Waals surface area contributed by atoms with Gasteiger partial charge in [0, 0.05) is 0 Å². The van der Waals surface area contributed by atoms with Crippen LogP contribution in [0.2, 0.25) is 0 Å². The van der Waals surface area contributed by atoms with E-state index in [2.05, 4.69) is 0 Å². The first-order valence-electron chi connectivity index (χ1n) is 4.93. The maximum absolute atomic E-state index is 13.5. The minimum atomic E-state index is -0.987. The molecule has 0 spiro atoms. The van der Waals surface area contributed by atoms with E-state index in [0.29, 0.717) is 5.92 Å². The van der Waals surface area contributed by atoms with Gasteiger partial charge in [0.25, 0.3) is 0 Å². The van der Waals surface area contributed by atoms with Gasteiger partial charge < -0.3 is 5.73 Å². The smallest absolute Gasteiger partial charge is 0.108 e. The minimum absolute atomic E-state index is 0.264. The van der Waals surface area contributed by atoms with Crippen molar-refractivity contribution in [2.45, 2.75) is 45.2 Å². The average Bonchev–Trinajstić information content (AvgIpc) is 2.03. The summed E-state index contributed by atoms with van der Waals surface area (Å²) in [6, 6.07) is 0. The molecular weight excluding hydrogens is 153 g/mol. The van der Waals surface area contributed by atoms with Crippen molar-refractivity contribution in [3.63, 3.8) is 0 Å². The lowest BCUT2D eigenvalue weighted by Crippen LogP contribution is -2.31. The summed E-state index contributed by atoms with van der Waals surface area (Å²) in [4.78, 5) is 0. The first-order valence-corrected chi connectivity index (χ1v) is 4.93. The molecule has 0 aromatic rings. The Morgan fingerprint density at radius 3 is 2.08 bits per heavy atom. The lowest BCUT2D eigenvalue weighted by Gasteiger charge is -2.33. The fourth-order valence-electron chi connectivity index (χ4n) is 2.08. The van der Waals surface area contributed by atoms with Crippen LogP contribution in [0.25, 0.3) is 0 Å². The molecule has 1 nitrogen and oxygen atoms in total. The van der Waals surface area contributed by atoms with Crippen molar-refractivity contribution in [2.24, 2.45) is 17.6 Å². The molecule has 0 aliphatic heterocycles. The van der Waals surface area contributed by atoms with Gasteiger partial charge in [-0.15, -0.1) is 0 Å². The zero-order valence-corrected chi connectivity index (χ0v) is 8.15.